The lowest BCUT2D eigenvalue weighted by Gasteiger charge is -2.12. The number of alkyl halides is 2. The summed E-state index contributed by atoms with van der Waals surface area (Å²) in [5.74, 6) is -2.64. The molecule has 9 heteroatoms. The Kier molecular flexibility index (Phi) is 6.65. The quantitative estimate of drug-likeness (QED) is 0.722. The van der Waals surface area contributed by atoms with Gasteiger partial charge in [0.1, 0.15) is 5.75 Å². The van der Waals surface area contributed by atoms with Crippen molar-refractivity contribution < 1.29 is 36.6 Å². The first-order valence-electron chi connectivity index (χ1n) is 7.35. The minimum atomic E-state index is -2.98. The lowest BCUT2D eigenvalue weighted by Crippen LogP contribution is -2.28. The van der Waals surface area contributed by atoms with Crippen LogP contribution in [-0.2, 0) is 11.3 Å². The van der Waals surface area contributed by atoms with Crippen LogP contribution in [0.2, 0.25) is 0 Å². The van der Waals surface area contributed by atoms with Crippen LogP contribution >= 0.6 is 0 Å². The molecule has 1 N–H and O–H groups in total. The summed E-state index contributed by atoms with van der Waals surface area (Å²) in [6.45, 7) is -3.32. The molecule has 0 aromatic heterocycles. The third-order valence-corrected chi connectivity index (χ3v) is 3.19. The van der Waals surface area contributed by atoms with Crippen molar-refractivity contribution in [1.29, 1.82) is 0 Å². The molecule has 0 saturated carbocycles. The smallest absolute Gasteiger partial charge is 0.387 e. The average molecular weight is 373 g/mol. The fourth-order valence-corrected chi connectivity index (χ4v) is 1.98. The normalized spacial score (nSPS) is 10.5. The number of hydrogen-bond donors (Lipinski definition) is 1. The van der Waals surface area contributed by atoms with Gasteiger partial charge in [0.25, 0.3) is 5.91 Å². The number of ether oxygens (including phenoxy) is 3. The fourth-order valence-electron chi connectivity index (χ4n) is 1.98. The van der Waals surface area contributed by atoms with Crippen LogP contribution in [-0.4, -0.2) is 26.2 Å². The molecule has 0 fully saturated rings. The summed E-state index contributed by atoms with van der Waals surface area (Å²) < 4.78 is 64.7. The van der Waals surface area contributed by atoms with E-state index in [0.29, 0.717) is 5.56 Å². The van der Waals surface area contributed by atoms with Crippen molar-refractivity contribution in [3.63, 3.8) is 0 Å². The molecule has 0 atom stereocenters. The Morgan fingerprint density at radius 3 is 2.50 bits per heavy atom. The molecule has 0 bridgehead atoms. The van der Waals surface area contributed by atoms with E-state index in [9.17, 15) is 22.4 Å². The van der Waals surface area contributed by atoms with E-state index in [2.05, 4.69) is 10.1 Å². The number of methoxy groups -OCH3 is 1. The van der Waals surface area contributed by atoms with E-state index >= 15 is 0 Å². The zero-order chi connectivity index (χ0) is 19.1. The number of rotatable bonds is 8. The van der Waals surface area contributed by atoms with E-state index in [4.69, 9.17) is 9.47 Å². The van der Waals surface area contributed by atoms with Crippen LogP contribution in [0.1, 0.15) is 5.56 Å². The van der Waals surface area contributed by atoms with Gasteiger partial charge in [-0.1, -0.05) is 6.07 Å². The van der Waals surface area contributed by atoms with Gasteiger partial charge in [0.15, 0.2) is 29.7 Å². The number of carbonyl (C=O) groups excluding carboxylic acids is 1. The van der Waals surface area contributed by atoms with Crippen molar-refractivity contribution >= 4 is 5.91 Å². The van der Waals surface area contributed by atoms with E-state index in [0.717, 1.165) is 12.1 Å². The predicted octanol–water partition coefficient (Wildman–Crippen LogP) is 3.27. The van der Waals surface area contributed by atoms with Crippen molar-refractivity contribution in [3.8, 4) is 17.2 Å². The fraction of sp³-hybridized carbons (Fsp3) is 0.235. The Morgan fingerprint density at radius 1 is 1.08 bits per heavy atom. The molecule has 5 nitrogen and oxygen atoms in total. The van der Waals surface area contributed by atoms with Gasteiger partial charge in [0.05, 0.1) is 7.11 Å². The minimum Gasteiger partial charge on any atom is -0.493 e. The molecule has 0 aliphatic rings. The molecule has 0 aliphatic heterocycles. The molecule has 0 unspecified atom stereocenters. The lowest BCUT2D eigenvalue weighted by molar-refractivity contribution is -0.123. The summed E-state index contributed by atoms with van der Waals surface area (Å²) in [7, 11) is 1.30. The number of hydrogen-bond acceptors (Lipinski definition) is 4. The largest absolute Gasteiger partial charge is 0.493 e. The highest BCUT2D eigenvalue weighted by Gasteiger charge is 2.12. The van der Waals surface area contributed by atoms with E-state index in [1.807, 2.05) is 0 Å². The van der Waals surface area contributed by atoms with E-state index in [-0.39, 0.29) is 23.8 Å². The minimum absolute atomic E-state index is 0.00854. The van der Waals surface area contributed by atoms with Crippen molar-refractivity contribution in [2.75, 3.05) is 13.7 Å². The summed E-state index contributed by atoms with van der Waals surface area (Å²) in [6.07, 6.45) is 0. The Labute approximate surface area is 146 Å². The lowest BCUT2D eigenvalue weighted by atomic mass is 10.2. The van der Waals surface area contributed by atoms with Gasteiger partial charge in [-0.25, -0.2) is 8.78 Å². The van der Waals surface area contributed by atoms with Gasteiger partial charge in [-0.2, -0.15) is 8.78 Å². The standard InChI is InChI=1S/C17H15F4NO4/c1-24-15-6-10(2-5-14(15)26-17(20)21)8-22-16(23)9-25-11-3-4-12(18)13(19)7-11/h2-7,17H,8-9H2,1H3,(H,22,23). The van der Waals surface area contributed by atoms with Crippen LogP contribution in [0.25, 0.3) is 0 Å². The molecule has 2 rings (SSSR count). The second-order valence-electron chi connectivity index (χ2n) is 5.01. The summed E-state index contributed by atoms with van der Waals surface area (Å²) in [5.41, 5.74) is 0.574. The maximum Gasteiger partial charge on any atom is 0.387 e. The maximum absolute atomic E-state index is 13.0. The second-order valence-corrected chi connectivity index (χ2v) is 5.01. The Hall–Kier alpha value is -2.97. The van der Waals surface area contributed by atoms with Crippen LogP contribution < -0.4 is 19.5 Å². The maximum atomic E-state index is 13.0. The number of amides is 1. The third-order valence-electron chi connectivity index (χ3n) is 3.19. The zero-order valence-corrected chi connectivity index (χ0v) is 13.6. The van der Waals surface area contributed by atoms with Gasteiger partial charge < -0.3 is 19.5 Å². The van der Waals surface area contributed by atoms with Gasteiger partial charge in [-0.15, -0.1) is 0 Å². The molecule has 1 amide bonds. The van der Waals surface area contributed by atoms with Crippen molar-refractivity contribution in [2.45, 2.75) is 13.2 Å². The highest BCUT2D eigenvalue weighted by atomic mass is 19.3. The first-order valence-corrected chi connectivity index (χ1v) is 7.35. The Bertz CT molecular complexity index is 770. The average Bonchev–Trinajstić information content (AvgIpc) is 2.61. The molecule has 2 aromatic carbocycles. The molecule has 0 radical (unpaired) electrons. The molecule has 0 heterocycles. The SMILES string of the molecule is COc1cc(CNC(=O)COc2ccc(F)c(F)c2)ccc1OC(F)F. The molecule has 0 saturated heterocycles. The number of halogens is 4. The first-order chi connectivity index (χ1) is 12.4. The first kappa shape index (κ1) is 19.4. The predicted molar refractivity (Wildman–Crippen MR) is 83.3 cm³/mol. The topological polar surface area (TPSA) is 56.8 Å². The van der Waals surface area contributed by atoms with Crippen molar-refractivity contribution in [3.05, 3.63) is 53.6 Å². The summed E-state index contributed by atoms with van der Waals surface area (Å²) in [6, 6.07) is 7.13. The van der Waals surface area contributed by atoms with E-state index < -0.39 is 30.8 Å². The molecular formula is C17H15F4NO4. The van der Waals surface area contributed by atoms with E-state index in [1.54, 1.807) is 0 Å². The van der Waals surface area contributed by atoms with Crippen molar-refractivity contribution in [1.82, 2.24) is 5.32 Å². The molecule has 2 aromatic rings. The Balaban J connectivity index is 1.87. The van der Waals surface area contributed by atoms with Gasteiger partial charge >= 0.3 is 6.61 Å². The second kappa shape index (κ2) is 8.93. The zero-order valence-electron chi connectivity index (χ0n) is 13.6. The monoisotopic (exact) mass is 373 g/mol. The van der Waals surface area contributed by atoms with Gasteiger partial charge in [0.2, 0.25) is 0 Å². The molecule has 140 valence electrons. The number of nitrogens with one attached hydrogen (secondary N) is 1. The number of carbonyl (C=O) groups is 1. The molecule has 0 aliphatic carbocycles. The third kappa shape index (κ3) is 5.54. The highest BCUT2D eigenvalue weighted by Crippen LogP contribution is 2.29. The summed E-state index contributed by atoms with van der Waals surface area (Å²) >= 11 is 0. The molecule has 0 spiro atoms. The van der Waals surface area contributed by atoms with Crippen LogP contribution in [0.3, 0.4) is 0 Å². The van der Waals surface area contributed by atoms with Crippen LogP contribution in [0.15, 0.2) is 36.4 Å². The molecule has 26 heavy (non-hydrogen) atoms. The number of benzene rings is 2. The summed E-state index contributed by atoms with van der Waals surface area (Å²) in [5, 5.41) is 2.53. The highest BCUT2D eigenvalue weighted by molar-refractivity contribution is 5.77. The van der Waals surface area contributed by atoms with Crippen LogP contribution in [0, 0.1) is 11.6 Å². The van der Waals surface area contributed by atoms with Gasteiger partial charge in [-0.3, -0.25) is 4.79 Å². The van der Waals surface area contributed by atoms with Crippen LogP contribution in [0.4, 0.5) is 17.6 Å². The molecular weight excluding hydrogens is 358 g/mol. The summed E-state index contributed by atoms with van der Waals surface area (Å²) in [4.78, 5) is 11.7. The van der Waals surface area contributed by atoms with Gasteiger partial charge in [-0.05, 0) is 29.8 Å². The van der Waals surface area contributed by atoms with Gasteiger partial charge in [0, 0.05) is 12.6 Å². The van der Waals surface area contributed by atoms with Crippen LogP contribution in [0.5, 0.6) is 17.2 Å². The Morgan fingerprint density at radius 2 is 1.85 bits per heavy atom. The van der Waals surface area contributed by atoms with E-state index in [1.165, 1.54) is 31.4 Å². The van der Waals surface area contributed by atoms with Crippen molar-refractivity contribution in [2.24, 2.45) is 0 Å².